The lowest BCUT2D eigenvalue weighted by Gasteiger charge is -2.57. The van der Waals surface area contributed by atoms with Crippen LogP contribution in [0, 0.1) is 35.0 Å². The maximum absolute atomic E-state index is 11.0. The molecule has 2 N–H and O–H groups in total. The Bertz CT molecular complexity index is 551. The zero-order valence-corrected chi connectivity index (χ0v) is 15.2. The Morgan fingerprint density at radius 3 is 2.74 bits per heavy atom. The molecular formula is C20H32O3. The molecule has 0 bridgehead atoms. The maximum Gasteiger partial charge on any atom is 0.161 e. The molecule has 3 saturated carbocycles. The van der Waals surface area contributed by atoms with Gasteiger partial charge in [-0.25, -0.2) is 0 Å². The van der Waals surface area contributed by atoms with Gasteiger partial charge >= 0.3 is 0 Å². The molecule has 3 fully saturated rings. The first-order valence-electron chi connectivity index (χ1n) is 9.46. The lowest BCUT2D eigenvalue weighted by molar-refractivity contribution is -0.266. The summed E-state index contributed by atoms with van der Waals surface area (Å²) in [7, 11) is 0. The predicted octanol–water partition coefficient (Wildman–Crippen LogP) is 3.50. The Morgan fingerprint density at radius 1 is 1.43 bits per heavy atom. The van der Waals surface area contributed by atoms with Crippen molar-refractivity contribution in [2.45, 2.75) is 77.8 Å². The molecule has 4 rings (SSSR count). The zero-order valence-electron chi connectivity index (χ0n) is 15.2. The average Bonchev–Trinajstić information content (AvgIpc) is 3.05. The molecule has 0 aromatic carbocycles. The van der Waals surface area contributed by atoms with Gasteiger partial charge in [0.05, 0.1) is 11.2 Å². The fourth-order valence-corrected chi connectivity index (χ4v) is 6.53. The Hall–Kier alpha value is -0.380. The van der Waals surface area contributed by atoms with Crippen LogP contribution in [0.1, 0.15) is 60.3 Å². The molecule has 0 amide bonds. The van der Waals surface area contributed by atoms with Gasteiger partial charge < -0.3 is 14.9 Å². The number of hydrogen-bond donors (Lipinski definition) is 2. The van der Waals surface area contributed by atoms with Crippen LogP contribution >= 0.6 is 0 Å². The van der Waals surface area contributed by atoms with Gasteiger partial charge in [-0.1, -0.05) is 45.8 Å². The molecule has 3 nitrogen and oxygen atoms in total. The number of aliphatic hydroxyl groups excluding tert-OH is 1. The van der Waals surface area contributed by atoms with E-state index in [1.54, 1.807) is 0 Å². The second kappa shape index (κ2) is 4.62. The van der Waals surface area contributed by atoms with E-state index in [1.807, 2.05) is 6.92 Å². The van der Waals surface area contributed by atoms with Gasteiger partial charge in [0.25, 0.3) is 0 Å². The minimum Gasteiger partial charge on any atom is -0.390 e. The highest BCUT2D eigenvalue weighted by atomic mass is 16.6. The minimum atomic E-state index is -0.757. The summed E-state index contributed by atoms with van der Waals surface area (Å²) in [5.41, 5.74) is 0.250. The molecule has 8 atom stereocenters. The van der Waals surface area contributed by atoms with Crippen LogP contribution in [-0.2, 0) is 4.74 Å². The number of fused-ring (bicyclic) bond motifs is 2. The van der Waals surface area contributed by atoms with Crippen LogP contribution in [-0.4, -0.2) is 27.7 Å². The third kappa shape index (κ3) is 1.99. The fraction of sp³-hybridized carbons (Fsp3) is 0.900. The molecule has 0 aliphatic heterocycles. The average molecular weight is 320 g/mol. The molecule has 4 aliphatic carbocycles. The normalized spacial score (nSPS) is 49.5. The van der Waals surface area contributed by atoms with E-state index in [0.29, 0.717) is 36.0 Å². The molecule has 3 heteroatoms. The summed E-state index contributed by atoms with van der Waals surface area (Å²) in [6.45, 7) is 10.7. The standard InChI is InChI=1S/C20H32O3/c1-6-7-18(4,8-11(2)3)17(21)23-20-9-12-13-14(15(12)20)16(13)19(5,22)10-20/h9,11,13-17,21-22H,6-8,10H2,1-5H3. The number of aliphatic hydroxyl groups is 2. The van der Waals surface area contributed by atoms with E-state index in [0.717, 1.165) is 19.3 Å². The van der Waals surface area contributed by atoms with Crippen molar-refractivity contribution >= 4 is 0 Å². The maximum atomic E-state index is 11.0. The Kier molecular flexibility index (Phi) is 3.23. The van der Waals surface area contributed by atoms with Gasteiger partial charge in [0.15, 0.2) is 6.29 Å². The molecule has 4 aliphatic rings. The highest BCUT2D eigenvalue weighted by Gasteiger charge is 2.83. The molecule has 0 radical (unpaired) electrons. The molecule has 0 heterocycles. The van der Waals surface area contributed by atoms with Crippen molar-refractivity contribution in [2.75, 3.05) is 0 Å². The lowest BCUT2D eigenvalue weighted by atomic mass is 9.55. The van der Waals surface area contributed by atoms with Gasteiger partial charge in [0.1, 0.15) is 0 Å². The highest BCUT2D eigenvalue weighted by molar-refractivity contribution is 5.54. The molecular weight excluding hydrogens is 288 g/mol. The first-order valence-corrected chi connectivity index (χ1v) is 9.46. The van der Waals surface area contributed by atoms with Crippen LogP contribution in [0.5, 0.6) is 0 Å². The molecule has 0 saturated heterocycles. The van der Waals surface area contributed by atoms with Crippen molar-refractivity contribution < 1.29 is 14.9 Å². The van der Waals surface area contributed by atoms with Crippen LogP contribution in [0.25, 0.3) is 0 Å². The predicted molar refractivity (Wildman–Crippen MR) is 89.6 cm³/mol. The van der Waals surface area contributed by atoms with Crippen molar-refractivity contribution in [2.24, 2.45) is 35.0 Å². The van der Waals surface area contributed by atoms with E-state index in [2.05, 4.69) is 33.8 Å². The summed E-state index contributed by atoms with van der Waals surface area (Å²) >= 11 is 0. The van der Waals surface area contributed by atoms with Crippen molar-refractivity contribution in [3.8, 4) is 0 Å². The van der Waals surface area contributed by atoms with Crippen LogP contribution in [0.4, 0.5) is 0 Å². The van der Waals surface area contributed by atoms with E-state index in [-0.39, 0.29) is 5.41 Å². The van der Waals surface area contributed by atoms with E-state index >= 15 is 0 Å². The van der Waals surface area contributed by atoms with Gasteiger partial charge in [0, 0.05) is 17.8 Å². The first-order chi connectivity index (χ1) is 10.7. The second-order valence-electron chi connectivity index (χ2n) is 9.71. The second-order valence-corrected chi connectivity index (χ2v) is 9.71. The van der Waals surface area contributed by atoms with E-state index < -0.39 is 17.5 Å². The number of rotatable bonds is 7. The van der Waals surface area contributed by atoms with Crippen LogP contribution in [0.2, 0.25) is 0 Å². The molecule has 23 heavy (non-hydrogen) atoms. The molecule has 130 valence electrons. The van der Waals surface area contributed by atoms with Crippen LogP contribution in [0.15, 0.2) is 11.6 Å². The van der Waals surface area contributed by atoms with Crippen molar-refractivity contribution in [3.63, 3.8) is 0 Å². The van der Waals surface area contributed by atoms with Gasteiger partial charge in [-0.3, -0.25) is 0 Å². The summed E-state index contributed by atoms with van der Waals surface area (Å²) < 4.78 is 6.37. The monoisotopic (exact) mass is 320 g/mol. The minimum absolute atomic E-state index is 0.212. The van der Waals surface area contributed by atoms with E-state index in [9.17, 15) is 10.2 Å². The quantitative estimate of drug-likeness (QED) is 0.557. The van der Waals surface area contributed by atoms with E-state index in [1.165, 1.54) is 5.57 Å². The first kappa shape index (κ1) is 16.1. The summed E-state index contributed by atoms with van der Waals surface area (Å²) in [6, 6.07) is 0. The summed E-state index contributed by atoms with van der Waals surface area (Å²) in [4.78, 5) is 0. The fourth-order valence-electron chi connectivity index (χ4n) is 6.53. The van der Waals surface area contributed by atoms with Crippen molar-refractivity contribution in [1.82, 2.24) is 0 Å². The lowest BCUT2D eigenvalue weighted by Crippen LogP contribution is -2.61. The Balaban J connectivity index is 1.54. The smallest absolute Gasteiger partial charge is 0.161 e. The number of ether oxygens (including phenoxy) is 1. The van der Waals surface area contributed by atoms with Crippen LogP contribution in [0.3, 0.4) is 0 Å². The molecule has 0 spiro atoms. The third-order valence-corrected chi connectivity index (χ3v) is 7.12. The zero-order chi connectivity index (χ0) is 16.8. The molecule has 0 aromatic heterocycles. The topological polar surface area (TPSA) is 49.7 Å². The van der Waals surface area contributed by atoms with Gasteiger partial charge in [0.2, 0.25) is 0 Å². The van der Waals surface area contributed by atoms with Gasteiger partial charge in [-0.05, 0) is 43.4 Å². The summed E-state index contributed by atoms with van der Waals surface area (Å²) in [6.07, 6.45) is 5.11. The Morgan fingerprint density at radius 2 is 2.13 bits per heavy atom. The molecule has 0 aromatic rings. The summed E-state index contributed by atoms with van der Waals surface area (Å²) in [5, 5.41) is 21.8. The van der Waals surface area contributed by atoms with E-state index in [4.69, 9.17) is 4.74 Å². The van der Waals surface area contributed by atoms with Crippen LogP contribution < -0.4 is 0 Å². The summed E-state index contributed by atoms with van der Waals surface area (Å²) in [5.74, 6) is 2.72. The largest absolute Gasteiger partial charge is 0.390 e. The highest BCUT2D eigenvalue weighted by Crippen LogP contribution is 2.83. The van der Waals surface area contributed by atoms with Crippen molar-refractivity contribution in [1.29, 1.82) is 0 Å². The van der Waals surface area contributed by atoms with Gasteiger partial charge in [-0.2, -0.15) is 0 Å². The SMILES string of the molecule is CCCC(C)(CC(C)C)C(O)OC12C=C3C4C(C4C(C)(O)C1)C32. The number of hydrogen-bond acceptors (Lipinski definition) is 3. The van der Waals surface area contributed by atoms with Crippen molar-refractivity contribution in [3.05, 3.63) is 11.6 Å². The Labute approximate surface area is 140 Å². The molecule has 8 unspecified atom stereocenters. The third-order valence-electron chi connectivity index (χ3n) is 7.12. The van der Waals surface area contributed by atoms with Gasteiger partial charge in [-0.15, -0.1) is 0 Å².